The number of nitrogens with zero attached hydrogens (tertiary/aromatic N) is 2. The van der Waals surface area contributed by atoms with Crippen molar-refractivity contribution in [1.29, 1.82) is 0 Å². The lowest BCUT2D eigenvalue weighted by atomic mass is 10.0. The van der Waals surface area contributed by atoms with Gasteiger partial charge in [-0.1, -0.05) is 0 Å². The summed E-state index contributed by atoms with van der Waals surface area (Å²) in [7, 11) is 2.16. The number of nitrogens with two attached hydrogens (primary N) is 2. The molecule has 0 saturated carbocycles. The SMILES string of the molecule is CN1CCN(NCc2cscc2-c2cc(N)ccc2N)CC1.Cl.Cl. The van der Waals surface area contributed by atoms with Crippen molar-refractivity contribution in [2.24, 2.45) is 0 Å². The highest BCUT2D eigenvalue weighted by Gasteiger charge is 2.15. The molecule has 5 nitrogen and oxygen atoms in total. The van der Waals surface area contributed by atoms with Crippen LogP contribution >= 0.6 is 36.2 Å². The van der Waals surface area contributed by atoms with Gasteiger partial charge in [0.05, 0.1) is 0 Å². The maximum atomic E-state index is 6.12. The fraction of sp³-hybridized carbons (Fsp3) is 0.375. The lowest BCUT2D eigenvalue weighted by molar-refractivity contribution is 0.102. The number of thiophene rings is 1. The Morgan fingerprint density at radius 3 is 2.46 bits per heavy atom. The number of likely N-dealkylation sites (N-methyl/N-ethyl adjacent to an activating group) is 1. The molecule has 134 valence electrons. The fourth-order valence-corrected chi connectivity index (χ4v) is 3.52. The zero-order chi connectivity index (χ0) is 15.5. The third-order valence-electron chi connectivity index (χ3n) is 4.11. The largest absolute Gasteiger partial charge is 0.399 e. The van der Waals surface area contributed by atoms with E-state index in [1.807, 2.05) is 18.2 Å². The Hall–Kier alpha value is -1.02. The molecule has 0 radical (unpaired) electrons. The Bertz CT molecular complexity index is 641. The fourth-order valence-electron chi connectivity index (χ4n) is 2.67. The summed E-state index contributed by atoms with van der Waals surface area (Å²) in [6, 6.07) is 5.67. The first-order valence-electron chi connectivity index (χ1n) is 7.51. The van der Waals surface area contributed by atoms with Crippen molar-refractivity contribution >= 4 is 47.5 Å². The molecule has 0 amide bonds. The van der Waals surface area contributed by atoms with Gasteiger partial charge in [0.15, 0.2) is 0 Å². The minimum atomic E-state index is 0. The molecule has 0 aliphatic carbocycles. The van der Waals surface area contributed by atoms with Gasteiger partial charge >= 0.3 is 0 Å². The Morgan fingerprint density at radius 1 is 1.04 bits per heavy atom. The zero-order valence-corrected chi connectivity index (χ0v) is 16.1. The third-order valence-corrected chi connectivity index (χ3v) is 4.90. The number of piperazine rings is 1. The average Bonchev–Trinajstić information content (AvgIpc) is 2.97. The number of benzene rings is 1. The van der Waals surface area contributed by atoms with Gasteiger partial charge in [-0.25, -0.2) is 5.01 Å². The van der Waals surface area contributed by atoms with Gasteiger partial charge in [-0.2, -0.15) is 11.3 Å². The number of hydrogen-bond donors (Lipinski definition) is 3. The summed E-state index contributed by atoms with van der Waals surface area (Å²) in [5.74, 6) is 0. The van der Waals surface area contributed by atoms with Crippen LogP contribution in [-0.2, 0) is 6.54 Å². The summed E-state index contributed by atoms with van der Waals surface area (Å²) in [5, 5.41) is 6.62. The second-order valence-electron chi connectivity index (χ2n) is 5.78. The Labute approximate surface area is 159 Å². The lowest BCUT2D eigenvalue weighted by Crippen LogP contribution is -2.50. The van der Waals surface area contributed by atoms with Gasteiger partial charge in [-0.15, -0.1) is 24.8 Å². The molecule has 1 saturated heterocycles. The van der Waals surface area contributed by atoms with Crippen LogP contribution < -0.4 is 16.9 Å². The van der Waals surface area contributed by atoms with Gasteiger partial charge < -0.3 is 16.4 Å². The van der Waals surface area contributed by atoms with E-state index in [0.717, 1.165) is 49.7 Å². The average molecular weight is 390 g/mol. The topological polar surface area (TPSA) is 70.5 Å². The van der Waals surface area contributed by atoms with Crippen molar-refractivity contribution in [2.75, 3.05) is 44.7 Å². The van der Waals surface area contributed by atoms with E-state index >= 15 is 0 Å². The van der Waals surface area contributed by atoms with Crippen LogP contribution in [0.15, 0.2) is 29.0 Å². The minimum absolute atomic E-state index is 0. The maximum absolute atomic E-state index is 6.12. The number of nitrogen functional groups attached to an aromatic ring is 2. The normalized spacial score (nSPS) is 15.5. The second-order valence-corrected chi connectivity index (χ2v) is 6.53. The molecule has 2 heterocycles. The molecule has 0 bridgehead atoms. The maximum Gasteiger partial charge on any atom is 0.0395 e. The van der Waals surface area contributed by atoms with Crippen LogP contribution in [0.1, 0.15) is 5.56 Å². The summed E-state index contributed by atoms with van der Waals surface area (Å²) >= 11 is 1.70. The molecule has 8 heteroatoms. The molecule has 0 spiro atoms. The van der Waals surface area contributed by atoms with Crippen LogP contribution in [0.2, 0.25) is 0 Å². The van der Waals surface area contributed by atoms with Gasteiger partial charge in [-0.05, 0) is 47.1 Å². The first-order valence-corrected chi connectivity index (χ1v) is 8.45. The van der Waals surface area contributed by atoms with Gasteiger partial charge in [0.2, 0.25) is 0 Å². The molecule has 0 unspecified atom stereocenters. The molecule has 2 aromatic rings. The predicted octanol–water partition coefficient (Wildman–Crippen LogP) is 2.68. The van der Waals surface area contributed by atoms with Crippen LogP contribution in [0, 0.1) is 0 Å². The van der Waals surface area contributed by atoms with Crippen LogP contribution in [-0.4, -0.2) is 43.1 Å². The monoisotopic (exact) mass is 389 g/mol. The lowest BCUT2D eigenvalue weighted by Gasteiger charge is -2.32. The number of anilines is 2. The van der Waals surface area contributed by atoms with Crippen molar-refractivity contribution in [2.45, 2.75) is 6.54 Å². The van der Waals surface area contributed by atoms with Crippen molar-refractivity contribution in [3.63, 3.8) is 0 Å². The smallest absolute Gasteiger partial charge is 0.0395 e. The molecule has 0 atom stereocenters. The molecule has 24 heavy (non-hydrogen) atoms. The summed E-state index contributed by atoms with van der Waals surface area (Å²) in [4.78, 5) is 2.35. The predicted molar refractivity (Wildman–Crippen MR) is 109 cm³/mol. The van der Waals surface area contributed by atoms with E-state index in [1.54, 1.807) is 11.3 Å². The molecular weight excluding hydrogens is 365 g/mol. The Morgan fingerprint density at radius 2 is 1.75 bits per heavy atom. The summed E-state index contributed by atoms with van der Waals surface area (Å²) in [5.41, 5.74) is 20.5. The Balaban J connectivity index is 0.00000144. The van der Waals surface area contributed by atoms with E-state index in [9.17, 15) is 0 Å². The summed E-state index contributed by atoms with van der Waals surface area (Å²) in [6.07, 6.45) is 0. The van der Waals surface area contributed by atoms with E-state index in [2.05, 4.69) is 33.1 Å². The third kappa shape index (κ3) is 4.99. The van der Waals surface area contributed by atoms with Gasteiger partial charge in [0, 0.05) is 49.7 Å². The molecule has 1 aromatic carbocycles. The van der Waals surface area contributed by atoms with Crippen molar-refractivity contribution in [1.82, 2.24) is 15.3 Å². The van der Waals surface area contributed by atoms with Crippen molar-refractivity contribution in [3.8, 4) is 11.1 Å². The molecule has 1 aromatic heterocycles. The highest BCUT2D eigenvalue weighted by atomic mass is 35.5. The van der Waals surface area contributed by atoms with Gasteiger partial charge in [-0.3, -0.25) is 5.43 Å². The van der Waals surface area contributed by atoms with Crippen LogP contribution in [0.4, 0.5) is 11.4 Å². The molecule has 1 aliphatic rings. The molecule has 3 rings (SSSR count). The molecular formula is C16H25Cl2N5S. The van der Waals surface area contributed by atoms with E-state index < -0.39 is 0 Å². The highest BCUT2D eigenvalue weighted by molar-refractivity contribution is 7.08. The number of nitrogens with one attached hydrogen (secondary N) is 1. The second kappa shape index (κ2) is 9.46. The van der Waals surface area contributed by atoms with E-state index in [1.165, 1.54) is 11.1 Å². The van der Waals surface area contributed by atoms with Crippen molar-refractivity contribution in [3.05, 3.63) is 34.5 Å². The number of rotatable bonds is 4. The van der Waals surface area contributed by atoms with E-state index in [0.29, 0.717) is 0 Å². The zero-order valence-electron chi connectivity index (χ0n) is 13.7. The van der Waals surface area contributed by atoms with Crippen LogP contribution in [0.3, 0.4) is 0 Å². The number of hydrazine groups is 1. The highest BCUT2D eigenvalue weighted by Crippen LogP contribution is 2.33. The molecule has 1 aliphatic heterocycles. The standard InChI is InChI=1S/C16H23N5S.2ClH/c1-20-4-6-21(7-5-20)19-9-12-10-22-11-15(12)14-8-13(17)2-3-16(14)18;;/h2-3,8,10-11,19H,4-7,9,17-18H2,1H3;2*1H. The van der Waals surface area contributed by atoms with Crippen LogP contribution in [0.5, 0.6) is 0 Å². The summed E-state index contributed by atoms with van der Waals surface area (Å²) < 4.78 is 0. The number of halogens is 2. The van der Waals surface area contributed by atoms with E-state index in [4.69, 9.17) is 11.5 Å². The molecule has 5 N–H and O–H groups in total. The van der Waals surface area contributed by atoms with Gasteiger partial charge in [0.1, 0.15) is 0 Å². The quantitative estimate of drug-likeness (QED) is 0.701. The number of hydrogen-bond acceptors (Lipinski definition) is 6. The van der Waals surface area contributed by atoms with Crippen molar-refractivity contribution < 1.29 is 0 Å². The molecule has 1 fully saturated rings. The Kier molecular flexibility index (Phi) is 8.29. The minimum Gasteiger partial charge on any atom is -0.399 e. The first kappa shape index (κ1) is 21.0. The van der Waals surface area contributed by atoms with Gasteiger partial charge in [0.25, 0.3) is 0 Å². The van der Waals surface area contributed by atoms with E-state index in [-0.39, 0.29) is 24.8 Å². The first-order chi connectivity index (χ1) is 10.6. The summed E-state index contributed by atoms with van der Waals surface area (Å²) in [6.45, 7) is 5.13. The van der Waals surface area contributed by atoms with Crippen LogP contribution in [0.25, 0.3) is 11.1 Å².